The van der Waals surface area contributed by atoms with E-state index in [0.717, 1.165) is 12.1 Å². The molecule has 1 fully saturated rings. The van der Waals surface area contributed by atoms with Crippen molar-refractivity contribution in [3.8, 4) is 0 Å². The Bertz CT molecular complexity index is 416. The second-order valence-corrected chi connectivity index (χ2v) is 4.32. The van der Waals surface area contributed by atoms with Crippen molar-refractivity contribution < 1.29 is 9.59 Å². The topological polar surface area (TPSA) is 58.2 Å². The first-order valence-corrected chi connectivity index (χ1v) is 5.79. The van der Waals surface area contributed by atoms with Crippen LogP contribution in [0.5, 0.6) is 0 Å². The molecular formula is C13H16N2O2. The number of carbonyl (C=O) groups excluding carboxylic acids is 2. The van der Waals surface area contributed by atoms with Crippen LogP contribution in [0.1, 0.15) is 30.1 Å². The molecule has 0 bridgehead atoms. The quantitative estimate of drug-likeness (QED) is 0.778. The lowest BCUT2D eigenvalue weighted by Gasteiger charge is -2.24. The number of ketones is 1. The van der Waals surface area contributed by atoms with E-state index in [4.69, 9.17) is 0 Å². The summed E-state index contributed by atoms with van der Waals surface area (Å²) in [6.07, 6.45) is 1.42. The van der Waals surface area contributed by atoms with E-state index in [1.807, 2.05) is 24.3 Å². The molecule has 1 amide bonds. The van der Waals surface area contributed by atoms with E-state index in [-0.39, 0.29) is 17.7 Å². The highest BCUT2D eigenvalue weighted by atomic mass is 16.1. The van der Waals surface area contributed by atoms with Crippen LogP contribution in [0, 0.1) is 0 Å². The third kappa shape index (κ3) is 3.06. The van der Waals surface area contributed by atoms with Gasteiger partial charge >= 0.3 is 0 Å². The van der Waals surface area contributed by atoms with Crippen LogP contribution >= 0.6 is 0 Å². The van der Waals surface area contributed by atoms with Gasteiger partial charge in [0.2, 0.25) is 5.91 Å². The zero-order chi connectivity index (χ0) is 12.3. The Hall–Kier alpha value is -1.84. The highest BCUT2D eigenvalue weighted by Crippen LogP contribution is 2.14. The lowest BCUT2D eigenvalue weighted by Crippen LogP contribution is -2.41. The third-order valence-corrected chi connectivity index (χ3v) is 2.93. The molecule has 1 unspecified atom stereocenters. The number of anilines is 1. The normalized spacial score (nSPS) is 19.6. The largest absolute Gasteiger partial charge is 0.381 e. The first-order chi connectivity index (χ1) is 8.15. The Morgan fingerprint density at radius 2 is 2.06 bits per heavy atom. The first kappa shape index (κ1) is 11.6. The van der Waals surface area contributed by atoms with Gasteiger partial charge in [-0.15, -0.1) is 0 Å². The van der Waals surface area contributed by atoms with Crippen molar-refractivity contribution in [1.82, 2.24) is 5.32 Å². The van der Waals surface area contributed by atoms with Crippen molar-refractivity contribution in [2.45, 2.75) is 25.8 Å². The monoisotopic (exact) mass is 232 g/mol. The van der Waals surface area contributed by atoms with Gasteiger partial charge < -0.3 is 10.6 Å². The molecule has 4 nitrogen and oxygen atoms in total. The molecular weight excluding hydrogens is 216 g/mol. The minimum atomic E-state index is 0.0708. The van der Waals surface area contributed by atoms with Gasteiger partial charge in [-0.05, 0) is 37.6 Å². The molecule has 1 saturated heterocycles. The highest BCUT2D eigenvalue weighted by Gasteiger charge is 2.17. The van der Waals surface area contributed by atoms with Crippen LogP contribution in [0.15, 0.2) is 24.3 Å². The molecule has 17 heavy (non-hydrogen) atoms. The molecule has 0 radical (unpaired) electrons. The molecule has 1 atom stereocenters. The molecule has 1 heterocycles. The van der Waals surface area contributed by atoms with Crippen LogP contribution in [-0.4, -0.2) is 24.3 Å². The van der Waals surface area contributed by atoms with E-state index in [0.29, 0.717) is 18.5 Å². The minimum Gasteiger partial charge on any atom is -0.381 e. The number of amides is 1. The Kier molecular flexibility index (Phi) is 3.42. The van der Waals surface area contributed by atoms with Gasteiger partial charge in [0, 0.05) is 30.3 Å². The summed E-state index contributed by atoms with van der Waals surface area (Å²) < 4.78 is 0. The van der Waals surface area contributed by atoms with Crippen LogP contribution < -0.4 is 10.6 Å². The standard InChI is InChI=1S/C13H16N2O2/c1-9(16)10-2-4-11(5-3-10)15-12-6-7-13(17)14-8-12/h2-5,12,15H,6-8H2,1H3,(H,14,17). The summed E-state index contributed by atoms with van der Waals surface area (Å²) in [5, 5.41) is 6.17. The molecule has 0 aliphatic carbocycles. The van der Waals surface area contributed by atoms with E-state index in [1.54, 1.807) is 6.92 Å². The molecule has 0 saturated carbocycles. The predicted octanol–water partition coefficient (Wildman–Crippen LogP) is 1.58. The average Bonchev–Trinajstić information content (AvgIpc) is 2.33. The lowest BCUT2D eigenvalue weighted by atomic mass is 10.1. The summed E-state index contributed by atoms with van der Waals surface area (Å²) in [5.41, 5.74) is 1.70. The Morgan fingerprint density at radius 1 is 1.35 bits per heavy atom. The molecule has 1 aromatic carbocycles. The van der Waals surface area contributed by atoms with Crippen molar-refractivity contribution in [2.75, 3.05) is 11.9 Å². The molecule has 1 aliphatic heterocycles. The first-order valence-electron chi connectivity index (χ1n) is 5.79. The molecule has 2 N–H and O–H groups in total. The Balaban J connectivity index is 1.95. The second kappa shape index (κ2) is 4.99. The van der Waals surface area contributed by atoms with E-state index in [9.17, 15) is 9.59 Å². The minimum absolute atomic E-state index is 0.0708. The summed E-state index contributed by atoms with van der Waals surface area (Å²) >= 11 is 0. The number of hydrogen-bond acceptors (Lipinski definition) is 3. The molecule has 1 aromatic rings. The van der Waals surface area contributed by atoms with Crippen LogP contribution in [0.4, 0.5) is 5.69 Å². The van der Waals surface area contributed by atoms with Gasteiger partial charge in [0.1, 0.15) is 0 Å². The van der Waals surface area contributed by atoms with Crippen molar-refractivity contribution in [2.24, 2.45) is 0 Å². The SMILES string of the molecule is CC(=O)c1ccc(NC2CCC(=O)NC2)cc1. The summed E-state index contributed by atoms with van der Waals surface area (Å²) in [6.45, 7) is 2.21. The summed E-state index contributed by atoms with van der Waals surface area (Å²) in [4.78, 5) is 22.1. The summed E-state index contributed by atoms with van der Waals surface area (Å²) in [5.74, 6) is 0.191. The van der Waals surface area contributed by atoms with E-state index in [1.165, 1.54) is 0 Å². The maximum atomic E-state index is 11.1. The number of nitrogens with one attached hydrogen (secondary N) is 2. The van der Waals surface area contributed by atoms with Gasteiger partial charge in [0.05, 0.1) is 0 Å². The molecule has 1 aliphatic rings. The zero-order valence-corrected chi connectivity index (χ0v) is 9.82. The van der Waals surface area contributed by atoms with Crippen molar-refractivity contribution in [1.29, 1.82) is 0 Å². The van der Waals surface area contributed by atoms with Crippen molar-refractivity contribution >= 4 is 17.4 Å². The number of carbonyl (C=O) groups is 2. The number of hydrogen-bond donors (Lipinski definition) is 2. The van der Waals surface area contributed by atoms with Gasteiger partial charge in [-0.25, -0.2) is 0 Å². The molecule has 4 heteroatoms. The van der Waals surface area contributed by atoms with Gasteiger partial charge in [-0.1, -0.05) is 0 Å². The van der Waals surface area contributed by atoms with E-state index in [2.05, 4.69) is 10.6 Å². The van der Waals surface area contributed by atoms with Gasteiger partial charge in [-0.2, -0.15) is 0 Å². The molecule has 90 valence electrons. The zero-order valence-electron chi connectivity index (χ0n) is 9.82. The fourth-order valence-electron chi connectivity index (χ4n) is 1.89. The van der Waals surface area contributed by atoms with Gasteiger partial charge in [0.25, 0.3) is 0 Å². The van der Waals surface area contributed by atoms with Crippen LogP contribution in [0.3, 0.4) is 0 Å². The van der Waals surface area contributed by atoms with Crippen LogP contribution in [0.2, 0.25) is 0 Å². The van der Waals surface area contributed by atoms with Crippen molar-refractivity contribution in [3.05, 3.63) is 29.8 Å². The number of rotatable bonds is 3. The molecule has 0 spiro atoms. The fourth-order valence-corrected chi connectivity index (χ4v) is 1.89. The fraction of sp³-hybridized carbons (Fsp3) is 0.385. The maximum absolute atomic E-state index is 11.1. The van der Waals surface area contributed by atoms with Crippen LogP contribution in [0.25, 0.3) is 0 Å². The average molecular weight is 232 g/mol. The highest BCUT2D eigenvalue weighted by molar-refractivity contribution is 5.94. The summed E-state index contributed by atoms with van der Waals surface area (Å²) in [6, 6.07) is 7.69. The van der Waals surface area contributed by atoms with E-state index >= 15 is 0 Å². The predicted molar refractivity (Wildman–Crippen MR) is 66.1 cm³/mol. The summed E-state index contributed by atoms with van der Waals surface area (Å²) in [7, 11) is 0. The molecule has 0 aromatic heterocycles. The number of benzene rings is 1. The number of piperidine rings is 1. The maximum Gasteiger partial charge on any atom is 0.220 e. The third-order valence-electron chi connectivity index (χ3n) is 2.93. The molecule has 2 rings (SSSR count). The van der Waals surface area contributed by atoms with Crippen molar-refractivity contribution in [3.63, 3.8) is 0 Å². The van der Waals surface area contributed by atoms with E-state index < -0.39 is 0 Å². The lowest BCUT2D eigenvalue weighted by molar-refractivity contribution is -0.122. The van der Waals surface area contributed by atoms with Gasteiger partial charge in [0.15, 0.2) is 5.78 Å². The number of Topliss-reactive ketones (excluding diaryl/α,β-unsaturated/α-hetero) is 1. The van der Waals surface area contributed by atoms with Crippen LogP contribution in [-0.2, 0) is 4.79 Å². The van der Waals surface area contributed by atoms with Gasteiger partial charge in [-0.3, -0.25) is 9.59 Å². The second-order valence-electron chi connectivity index (χ2n) is 4.32. The Labute approximate surface area is 100 Å². The smallest absolute Gasteiger partial charge is 0.220 e. The Morgan fingerprint density at radius 3 is 2.59 bits per heavy atom.